The van der Waals surface area contributed by atoms with E-state index in [1.807, 2.05) is 26.8 Å². The lowest BCUT2D eigenvalue weighted by atomic mass is 9.92. The Morgan fingerprint density at radius 3 is 2.54 bits per heavy atom. The van der Waals surface area contributed by atoms with Crippen molar-refractivity contribution in [3.05, 3.63) is 45.6 Å². The Morgan fingerprint density at radius 1 is 1.25 bits per heavy atom. The second-order valence-electron chi connectivity index (χ2n) is 8.14. The Morgan fingerprint density at radius 2 is 1.96 bits per heavy atom. The summed E-state index contributed by atoms with van der Waals surface area (Å²) >= 11 is 11.9. The van der Waals surface area contributed by atoms with Gasteiger partial charge in [-0.1, -0.05) is 50.0 Å². The fourth-order valence-electron chi connectivity index (χ4n) is 3.12. The molecule has 1 atom stereocenters. The maximum atomic E-state index is 12.6. The molecule has 6 nitrogen and oxygen atoms in total. The van der Waals surface area contributed by atoms with Gasteiger partial charge >= 0.3 is 0 Å². The SMILES string of the molecule is CC(C)(C)c1cc(NC(=O)Cc2ccc(Cl)c(Cl)c2)n(C2CCS(=O)(=O)C2)n1. The van der Waals surface area contributed by atoms with Gasteiger partial charge in [-0.3, -0.25) is 4.79 Å². The molecular weight excluding hydrogens is 421 g/mol. The summed E-state index contributed by atoms with van der Waals surface area (Å²) in [6, 6.07) is 6.59. The topological polar surface area (TPSA) is 81.1 Å². The van der Waals surface area contributed by atoms with Gasteiger partial charge in [0.1, 0.15) is 5.82 Å². The highest BCUT2D eigenvalue weighted by Crippen LogP contribution is 2.31. The average Bonchev–Trinajstić information content (AvgIpc) is 3.13. The minimum absolute atomic E-state index is 0.0356. The summed E-state index contributed by atoms with van der Waals surface area (Å²) in [6.07, 6.45) is 0.610. The quantitative estimate of drug-likeness (QED) is 0.772. The first-order valence-corrected chi connectivity index (χ1v) is 11.6. The molecule has 1 fully saturated rings. The molecule has 28 heavy (non-hydrogen) atoms. The lowest BCUT2D eigenvalue weighted by Gasteiger charge is -2.15. The summed E-state index contributed by atoms with van der Waals surface area (Å²) < 4.78 is 25.5. The van der Waals surface area contributed by atoms with Gasteiger partial charge < -0.3 is 5.32 Å². The van der Waals surface area contributed by atoms with Crippen molar-refractivity contribution in [3.63, 3.8) is 0 Å². The molecule has 2 heterocycles. The molecule has 0 bridgehead atoms. The van der Waals surface area contributed by atoms with Crippen LogP contribution in [0.25, 0.3) is 0 Å². The van der Waals surface area contributed by atoms with Crippen LogP contribution in [-0.4, -0.2) is 35.6 Å². The van der Waals surface area contributed by atoms with Crippen molar-refractivity contribution in [2.75, 3.05) is 16.8 Å². The van der Waals surface area contributed by atoms with Crippen LogP contribution in [-0.2, 0) is 26.5 Å². The molecule has 3 rings (SSSR count). The molecule has 1 saturated heterocycles. The Kier molecular flexibility index (Phi) is 5.81. The summed E-state index contributed by atoms with van der Waals surface area (Å²) in [7, 11) is -3.07. The van der Waals surface area contributed by atoms with Crippen LogP contribution in [0.5, 0.6) is 0 Å². The zero-order chi connectivity index (χ0) is 20.7. The average molecular weight is 444 g/mol. The van der Waals surface area contributed by atoms with E-state index < -0.39 is 9.84 Å². The highest BCUT2D eigenvalue weighted by molar-refractivity contribution is 7.91. The fourth-order valence-corrected chi connectivity index (χ4v) is 5.14. The number of hydrogen-bond acceptors (Lipinski definition) is 4. The summed E-state index contributed by atoms with van der Waals surface area (Å²) in [4.78, 5) is 12.6. The Hall–Kier alpha value is -1.57. The number of amides is 1. The van der Waals surface area contributed by atoms with Gasteiger partial charge in [0.2, 0.25) is 5.91 Å². The molecule has 0 aliphatic carbocycles. The zero-order valence-corrected chi connectivity index (χ0v) is 18.3. The van der Waals surface area contributed by atoms with Crippen LogP contribution >= 0.6 is 23.2 Å². The van der Waals surface area contributed by atoms with Gasteiger partial charge in [0.15, 0.2) is 9.84 Å². The summed E-state index contributed by atoms with van der Waals surface area (Å²) in [5.74, 6) is 0.449. The zero-order valence-electron chi connectivity index (χ0n) is 16.0. The third-order valence-electron chi connectivity index (χ3n) is 4.67. The van der Waals surface area contributed by atoms with Gasteiger partial charge in [0.05, 0.1) is 39.7 Å². The summed E-state index contributed by atoms with van der Waals surface area (Å²) in [5, 5.41) is 8.32. The van der Waals surface area contributed by atoms with Crippen LogP contribution in [0, 0.1) is 0 Å². The molecule has 1 aliphatic rings. The van der Waals surface area contributed by atoms with E-state index in [2.05, 4.69) is 10.4 Å². The van der Waals surface area contributed by atoms with Crippen molar-refractivity contribution >= 4 is 44.8 Å². The van der Waals surface area contributed by atoms with Crippen molar-refractivity contribution in [1.29, 1.82) is 0 Å². The predicted molar refractivity (Wildman–Crippen MR) is 112 cm³/mol. The van der Waals surface area contributed by atoms with Crippen molar-refractivity contribution in [2.24, 2.45) is 0 Å². The van der Waals surface area contributed by atoms with Crippen molar-refractivity contribution in [1.82, 2.24) is 9.78 Å². The van der Waals surface area contributed by atoms with Crippen molar-refractivity contribution < 1.29 is 13.2 Å². The second kappa shape index (κ2) is 7.69. The standard InChI is InChI=1S/C19H23Cl2N3O3S/c1-19(2,3)16-10-17(24(23-16)13-6-7-28(26,27)11-13)22-18(25)9-12-4-5-14(20)15(21)8-12/h4-5,8,10,13H,6-7,9,11H2,1-3H3,(H,22,25). The number of carbonyl (C=O) groups excluding carboxylic acids is 1. The number of carbonyl (C=O) groups is 1. The minimum atomic E-state index is -3.07. The first-order valence-electron chi connectivity index (χ1n) is 8.99. The van der Waals surface area contributed by atoms with Crippen LogP contribution in [0.1, 0.15) is 44.5 Å². The lowest BCUT2D eigenvalue weighted by molar-refractivity contribution is -0.115. The smallest absolute Gasteiger partial charge is 0.229 e. The molecule has 1 aliphatic heterocycles. The highest BCUT2D eigenvalue weighted by atomic mass is 35.5. The minimum Gasteiger partial charge on any atom is -0.311 e. The van der Waals surface area contributed by atoms with Gasteiger partial charge in [-0.15, -0.1) is 0 Å². The van der Waals surface area contributed by atoms with Gasteiger partial charge in [0, 0.05) is 11.5 Å². The molecule has 0 saturated carbocycles. The molecule has 152 valence electrons. The number of rotatable bonds is 4. The molecule has 1 unspecified atom stereocenters. The third kappa shape index (κ3) is 4.88. The van der Waals surface area contributed by atoms with E-state index in [1.165, 1.54) is 0 Å². The Labute approximate surface area is 175 Å². The molecule has 0 radical (unpaired) electrons. The van der Waals surface area contributed by atoms with E-state index in [0.717, 1.165) is 11.3 Å². The van der Waals surface area contributed by atoms with Crippen LogP contribution in [0.3, 0.4) is 0 Å². The second-order valence-corrected chi connectivity index (χ2v) is 11.2. The molecule has 1 N–H and O–H groups in total. The largest absolute Gasteiger partial charge is 0.311 e. The summed E-state index contributed by atoms with van der Waals surface area (Å²) in [5.41, 5.74) is 1.30. The van der Waals surface area contributed by atoms with Crippen molar-refractivity contribution in [2.45, 2.75) is 45.1 Å². The first kappa shape index (κ1) is 21.1. The van der Waals surface area contributed by atoms with Gasteiger partial charge in [0.25, 0.3) is 0 Å². The van der Waals surface area contributed by atoms with Crippen LogP contribution in [0.15, 0.2) is 24.3 Å². The number of benzene rings is 1. The number of sulfone groups is 1. The molecule has 1 aromatic carbocycles. The van der Waals surface area contributed by atoms with Crippen LogP contribution in [0.4, 0.5) is 5.82 Å². The summed E-state index contributed by atoms with van der Waals surface area (Å²) in [6.45, 7) is 6.06. The van der Waals surface area contributed by atoms with E-state index in [-0.39, 0.29) is 35.3 Å². The van der Waals surface area contributed by atoms with Crippen LogP contribution < -0.4 is 5.32 Å². The van der Waals surface area contributed by atoms with Crippen LogP contribution in [0.2, 0.25) is 10.0 Å². The maximum absolute atomic E-state index is 12.6. The number of hydrogen-bond donors (Lipinski definition) is 1. The molecule has 2 aromatic rings. The first-order chi connectivity index (χ1) is 12.9. The van der Waals surface area contributed by atoms with Gasteiger partial charge in [-0.25, -0.2) is 13.1 Å². The van der Waals surface area contributed by atoms with E-state index >= 15 is 0 Å². The monoisotopic (exact) mass is 443 g/mol. The molecule has 0 spiro atoms. The molecule has 1 aromatic heterocycles. The third-order valence-corrected chi connectivity index (χ3v) is 7.16. The molecule has 1 amide bonds. The van der Waals surface area contributed by atoms with Gasteiger partial charge in [-0.2, -0.15) is 5.10 Å². The van der Waals surface area contributed by atoms with Gasteiger partial charge in [-0.05, 0) is 24.1 Å². The van der Waals surface area contributed by atoms with E-state index in [9.17, 15) is 13.2 Å². The van der Waals surface area contributed by atoms with Crippen molar-refractivity contribution in [3.8, 4) is 0 Å². The number of halogens is 2. The lowest BCUT2D eigenvalue weighted by Crippen LogP contribution is -2.21. The number of nitrogens with zero attached hydrogens (tertiary/aromatic N) is 2. The molecular formula is C19H23Cl2N3O3S. The van der Waals surface area contributed by atoms with E-state index in [4.69, 9.17) is 23.2 Å². The predicted octanol–water partition coefficient (Wildman–Crippen LogP) is 4.03. The Bertz CT molecular complexity index is 1010. The molecule has 9 heteroatoms. The van der Waals surface area contributed by atoms with E-state index in [1.54, 1.807) is 22.9 Å². The fraction of sp³-hybridized carbons (Fsp3) is 0.474. The number of nitrogens with one attached hydrogen (secondary N) is 1. The highest BCUT2D eigenvalue weighted by Gasteiger charge is 2.32. The van der Waals surface area contributed by atoms with E-state index in [0.29, 0.717) is 22.3 Å². The Balaban J connectivity index is 1.84. The normalized spacial score (nSPS) is 19.0. The maximum Gasteiger partial charge on any atom is 0.229 e. The number of anilines is 1. The number of aromatic nitrogens is 2.